The highest BCUT2D eigenvalue weighted by molar-refractivity contribution is 7.89. The van der Waals surface area contributed by atoms with E-state index in [0.29, 0.717) is 26.1 Å². The Morgan fingerprint density at radius 2 is 1.96 bits per heavy atom. The molecule has 1 fully saturated rings. The molecule has 4 nitrogen and oxygen atoms in total. The number of ether oxygens (including phenoxy) is 1. The van der Waals surface area contributed by atoms with Gasteiger partial charge in [0.05, 0.1) is 0 Å². The Bertz CT molecular complexity index is 788. The molecule has 1 aromatic carbocycles. The van der Waals surface area contributed by atoms with Crippen LogP contribution < -0.4 is 0 Å². The number of sulfonamides is 1. The molecule has 0 radical (unpaired) electrons. The van der Waals surface area contributed by atoms with Gasteiger partial charge in [-0.25, -0.2) is 17.2 Å². The van der Waals surface area contributed by atoms with Crippen molar-refractivity contribution in [3.05, 3.63) is 52.2 Å². The maximum atomic E-state index is 14.1. The largest absolute Gasteiger partial charge is 0.381 e. The van der Waals surface area contributed by atoms with Crippen molar-refractivity contribution in [2.45, 2.75) is 30.3 Å². The van der Waals surface area contributed by atoms with Gasteiger partial charge in [0, 0.05) is 30.7 Å². The molecule has 2 heterocycles. The molecule has 0 spiro atoms. The van der Waals surface area contributed by atoms with Gasteiger partial charge in [0.15, 0.2) is 0 Å². The molecule has 0 N–H and O–H groups in total. The average Bonchev–Trinajstić information content (AvgIpc) is 3.08. The van der Waals surface area contributed by atoms with Crippen LogP contribution in [0.25, 0.3) is 0 Å². The lowest BCUT2D eigenvalue weighted by molar-refractivity contribution is 0.0571. The van der Waals surface area contributed by atoms with Gasteiger partial charge in [-0.15, -0.1) is 11.3 Å². The predicted molar refractivity (Wildman–Crippen MR) is 87.2 cm³/mol. The van der Waals surface area contributed by atoms with E-state index in [9.17, 15) is 17.2 Å². The molecule has 8 heteroatoms. The average molecular weight is 373 g/mol. The third kappa shape index (κ3) is 3.66. The summed E-state index contributed by atoms with van der Waals surface area (Å²) in [5.41, 5.74) is 0. The molecule has 0 bridgehead atoms. The molecule has 0 amide bonds. The van der Waals surface area contributed by atoms with E-state index in [0.717, 1.165) is 23.1 Å². The number of nitrogens with zero attached hydrogens (tertiary/aromatic N) is 1. The van der Waals surface area contributed by atoms with Gasteiger partial charge in [-0.3, -0.25) is 0 Å². The highest BCUT2D eigenvalue weighted by atomic mass is 32.2. The van der Waals surface area contributed by atoms with Crippen molar-refractivity contribution in [2.75, 3.05) is 13.2 Å². The van der Waals surface area contributed by atoms with Crippen LogP contribution in [-0.2, 0) is 21.3 Å². The number of thiophene rings is 1. The van der Waals surface area contributed by atoms with Crippen molar-refractivity contribution in [1.29, 1.82) is 0 Å². The van der Waals surface area contributed by atoms with Gasteiger partial charge in [0.2, 0.25) is 10.0 Å². The normalized spacial score (nSPS) is 16.6. The third-order valence-corrected chi connectivity index (χ3v) is 6.74. The first-order valence-corrected chi connectivity index (χ1v) is 9.87. The lowest BCUT2D eigenvalue weighted by atomic mass is 10.1. The van der Waals surface area contributed by atoms with E-state index in [4.69, 9.17) is 4.74 Å². The maximum Gasteiger partial charge on any atom is 0.246 e. The Hall–Kier alpha value is -1.35. The summed E-state index contributed by atoms with van der Waals surface area (Å²) in [6.07, 6.45) is 1.06. The molecule has 1 aliphatic rings. The van der Waals surface area contributed by atoms with Gasteiger partial charge in [-0.2, -0.15) is 4.31 Å². The molecular formula is C16H17F2NO3S2. The van der Waals surface area contributed by atoms with Crippen LogP contribution in [0.1, 0.15) is 17.7 Å². The van der Waals surface area contributed by atoms with Crippen LogP contribution in [0, 0.1) is 11.6 Å². The molecule has 1 aromatic heterocycles. The van der Waals surface area contributed by atoms with E-state index in [1.165, 1.54) is 15.6 Å². The number of rotatable bonds is 5. The van der Waals surface area contributed by atoms with Crippen LogP contribution in [0.2, 0.25) is 0 Å². The zero-order valence-corrected chi connectivity index (χ0v) is 14.5. The maximum absolute atomic E-state index is 14.1. The molecule has 24 heavy (non-hydrogen) atoms. The van der Waals surface area contributed by atoms with Crippen molar-refractivity contribution in [1.82, 2.24) is 4.31 Å². The van der Waals surface area contributed by atoms with Crippen LogP contribution in [0.3, 0.4) is 0 Å². The quantitative estimate of drug-likeness (QED) is 0.807. The lowest BCUT2D eigenvalue weighted by Crippen LogP contribution is -2.43. The summed E-state index contributed by atoms with van der Waals surface area (Å²) in [6.45, 7) is 1.04. The summed E-state index contributed by atoms with van der Waals surface area (Å²) in [4.78, 5) is 0.229. The van der Waals surface area contributed by atoms with Gasteiger partial charge in [-0.1, -0.05) is 6.07 Å². The fourth-order valence-electron chi connectivity index (χ4n) is 2.74. The van der Waals surface area contributed by atoms with Crippen molar-refractivity contribution in [2.24, 2.45) is 0 Å². The second kappa shape index (κ2) is 7.26. The van der Waals surface area contributed by atoms with Crippen LogP contribution in [0.4, 0.5) is 8.78 Å². The van der Waals surface area contributed by atoms with E-state index in [1.54, 1.807) is 0 Å². The highest BCUT2D eigenvalue weighted by Gasteiger charge is 2.34. The zero-order valence-electron chi connectivity index (χ0n) is 12.8. The Labute approximate surface area is 143 Å². The minimum atomic E-state index is -4.16. The van der Waals surface area contributed by atoms with E-state index < -0.39 is 26.6 Å². The second-order valence-corrected chi connectivity index (χ2v) is 8.44. The van der Waals surface area contributed by atoms with Gasteiger partial charge >= 0.3 is 0 Å². The minimum Gasteiger partial charge on any atom is -0.381 e. The van der Waals surface area contributed by atoms with E-state index >= 15 is 0 Å². The van der Waals surface area contributed by atoms with Gasteiger partial charge in [0.1, 0.15) is 16.5 Å². The second-order valence-electron chi connectivity index (χ2n) is 5.55. The van der Waals surface area contributed by atoms with E-state index in [2.05, 4.69) is 0 Å². The zero-order chi connectivity index (χ0) is 17.2. The summed E-state index contributed by atoms with van der Waals surface area (Å²) in [6, 6.07) is 5.85. The topological polar surface area (TPSA) is 46.6 Å². The Morgan fingerprint density at radius 1 is 1.21 bits per heavy atom. The summed E-state index contributed by atoms with van der Waals surface area (Å²) >= 11 is 1.43. The molecule has 1 saturated heterocycles. The Balaban J connectivity index is 2.00. The first kappa shape index (κ1) is 17.5. The molecule has 0 aliphatic carbocycles. The van der Waals surface area contributed by atoms with E-state index in [1.807, 2.05) is 17.5 Å². The fraction of sp³-hybridized carbons (Fsp3) is 0.375. The molecule has 1 aliphatic heterocycles. The Morgan fingerprint density at radius 3 is 2.62 bits per heavy atom. The molecule has 0 atom stereocenters. The molecule has 2 aromatic rings. The van der Waals surface area contributed by atoms with E-state index in [-0.39, 0.29) is 12.6 Å². The lowest BCUT2D eigenvalue weighted by Gasteiger charge is -2.33. The van der Waals surface area contributed by atoms with Gasteiger partial charge in [0.25, 0.3) is 0 Å². The molecule has 0 saturated carbocycles. The van der Waals surface area contributed by atoms with Gasteiger partial charge < -0.3 is 4.74 Å². The number of hydrogen-bond donors (Lipinski definition) is 0. The summed E-state index contributed by atoms with van der Waals surface area (Å²) in [5, 5.41) is 1.85. The van der Waals surface area contributed by atoms with Crippen molar-refractivity contribution in [3.8, 4) is 0 Å². The summed E-state index contributed by atoms with van der Waals surface area (Å²) in [5.74, 6) is -1.72. The van der Waals surface area contributed by atoms with Crippen LogP contribution in [0.15, 0.2) is 40.6 Å². The standard InChI is InChI=1S/C16H17F2NO3S2/c17-12-3-4-15(18)16(10-12)24(20,21)19(11-14-2-1-9-23-14)13-5-7-22-8-6-13/h1-4,9-10,13H,5-8,11H2. The first-order valence-electron chi connectivity index (χ1n) is 7.55. The minimum absolute atomic E-state index is 0.140. The smallest absolute Gasteiger partial charge is 0.246 e. The third-order valence-electron chi connectivity index (χ3n) is 3.97. The highest BCUT2D eigenvalue weighted by Crippen LogP contribution is 2.28. The van der Waals surface area contributed by atoms with Crippen LogP contribution >= 0.6 is 11.3 Å². The van der Waals surface area contributed by atoms with Crippen molar-refractivity contribution >= 4 is 21.4 Å². The van der Waals surface area contributed by atoms with Gasteiger partial charge in [-0.05, 0) is 42.5 Å². The molecule has 0 unspecified atom stereocenters. The van der Waals surface area contributed by atoms with Crippen molar-refractivity contribution in [3.63, 3.8) is 0 Å². The van der Waals surface area contributed by atoms with Crippen LogP contribution in [0.5, 0.6) is 0 Å². The molecular weight excluding hydrogens is 356 g/mol. The number of halogens is 2. The number of hydrogen-bond acceptors (Lipinski definition) is 4. The summed E-state index contributed by atoms with van der Waals surface area (Å²) in [7, 11) is -4.16. The monoisotopic (exact) mass is 373 g/mol. The predicted octanol–water partition coefficient (Wildman–Crippen LogP) is 3.40. The first-order chi connectivity index (χ1) is 11.5. The fourth-order valence-corrected chi connectivity index (χ4v) is 5.27. The SMILES string of the molecule is O=S(=O)(c1cc(F)ccc1F)N(Cc1cccs1)C1CCOCC1. The summed E-state index contributed by atoms with van der Waals surface area (Å²) < 4.78 is 60.2. The van der Waals surface area contributed by atoms with Crippen molar-refractivity contribution < 1.29 is 21.9 Å². The van der Waals surface area contributed by atoms with Crippen LogP contribution in [-0.4, -0.2) is 32.0 Å². The number of benzene rings is 1. The molecule has 130 valence electrons. The Kier molecular flexibility index (Phi) is 5.29. The molecule has 3 rings (SSSR count).